The minimum Gasteiger partial charge on any atom is -0.346 e. The summed E-state index contributed by atoms with van der Waals surface area (Å²) in [6.45, 7) is 2.05. The van der Waals surface area contributed by atoms with E-state index in [1.165, 1.54) is 6.08 Å². The van der Waals surface area contributed by atoms with Gasteiger partial charge in [-0.15, -0.1) is 0 Å². The summed E-state index contributed by atoms with van der Waals surface area (Å²) in [6.07, 6.45) is 4.10. The lowest BCUT2D eigenvalue weighted by atomic mass is 10.0. The maximum atomic E-state index is 12.0. The molecule has 1 N–H and O–H groups in total. The second kappa shape index (κ2) is 7.65. The molecule has 0 aliphatic rings. The summed E-state index contributed by atoms with van der Waals surface area (Å²) < 4.78 is 0. The fourth-order valence-electron chi connectivity index (χ4n) is 2.10. The topological polar surface area (TPSA) is 29.1 Å². The van der Waals surface area contributed by atoms with E-state index in [0.717, 1.165) is 17.5 Å². The molecule has 2 aromatic rings. The molecule has 21 heavy (non-hydrogen) atoms. The molecule has 2 aromatic carbocycles. The first-order valence-corrected chi connectivity index (χ1v) is 7.36. The molecule has 0 aliphatic carbocycles. The van der Waals surface area contributed by atoms with Crippen LogP contribution in [0.2, 0.25) is 5.02 Å². The van der Waals surface area contributed by atoms with E-state index >= 15 is 0 Å². The van der Waals surface area contributed by atoms with Crippen LogP contribution in [0, 0.1) is 0 Å². The molecule has 0 heterocycles. The number of amides is 1. The highest BCUT2D eigenvalue weighted by Gasteiger charge is 2.10. The van der Waals surface area contributed by atoms with Crippen molar-refractivity contribution in [2.75, 3.05) is 0 Å². The molecule has 0 saturated carbocycles. The van der Waals surface area contributed by atoms with Crippen LogP contribution in [0.5, 0.6) is 0 Å². The quantitative estimate of drug-likeness (QED) is 0.802. The van der Waals surface area contributed by atoms with Gasteiger partial charge in [0.15, 0.2) is 0 Å². The van der Waals surface area contributed by atoms with Crippen LogP contribution in [0.25, 0.3) is 6.08 Å². The highest BCUT2D eigenvalue weighted by atomic mass is 35.5. The Hall–Kier alpha value is -2.06. The van der Waals surface area contributed by atoms with Gasteiger partial charge in [0, 0.05) is 11.1 Å². The van der Waals surface area contributed by atoms with Crippen molar-refractivity contribution in [2.45, 2.75) is 19.4 Å². The zero-order chi connectivity index (χ0) is 15.1. The van der Waals surface area contributed by atoms with E-state index in [9.17, 15) is 4.79 Å². The maximum absolute atomic E-state index is 12.0. The standard InChI is InChI=1S/C18H18ClNO/c1-2-17(15-9-4-3-5-10-15)20-18(21)13-12-14-8-6-7-11-16(14)19/h3-13,17H,2H2,1H3,(H,20,21)/b13-12+/t17-/m0/s1. The number of hydrogen-bond donors (Lipinski definition) is 1. The fraction of sp³-hybridized carbons (Fsp3) is 0.167. The highest BCUT2D eigenvalue weighted by molar-refractivity contribution is 6.32. The van der Waals surface area contributed by atoms with Gasteiger partial charge >= 0.3 is 0 Å². The molecular formula is C18H18ClNO. The Morgan fingerprint density at radius 3 is 2.48 bits per heavy atom. The van der Waals surface area contributed by atoms with Crippen LogP contribution in [0.4, 0.5) is 0 Å². The Morgan fingerprint density at radius 1 is 1.14 bits per heavy atom. The lowest BCUT2D eigenvalue weighted by molar-refractivity contribution is -0.117. The fourth-order valence-corrected chi connectivity index (χ4v) is 2.30. The van der Waals surface area contributed by atoms with E-state index in [0.29, 0.717) is 5.02 Å². The second-order valence-corrected chi connectivity index (χ2v) is 5.14. The number of rotatable bonds is 5. The third-order valence-electron chi connectivity index (χ3n) is 3.25. The summed E-state index contributed by atoms with van der Waals surface area (Å²) in [5.74, 6) is -0.120. The van der Waals surface area contributed by atoms with Gasteiger partial charge in [-0.1, -0.05) is 67.1 Å². The lowest BCUT2D eigenvalue weighted by Gasteiger charge is -2.16. The van der Waals surface area contributed by atoms with Crippen LogP contribution in [-0.2, 0) is 4.79 Å². The predicted molar refractivity (Wildman–Crippen MR) is 88.1 cm³/mol. The van der Waals surface area contributed by atoms with Crippen LogP contribution in [0.3, 0.4) is 0 Å². The van der Waals surface area contributed by atoms with Gasteiger partial charge in [-0.2, -0.15) is 0 Å². The summed E-state index contributed by atoms with van der Waals surface area (Å²) >= 11 is 6.05. The van der Waals surface area contributed by atoms with Crippen molar-refractivity contribution in [1.29, 1.82) is 0 Å². The molecule has 0 bridgehead atoms. The zero-order valence-corrected chi connectivity index (χ0v) is 12.7. The van der Waals surface area contributed by atoms with Gasteiger partial charge in [-0.3, -0.25) is 4.79 Å². The Morgan fingerprint density at radius 2 is 1.81 bits per heavy atom. The first kappa shape index (κ1) is 15.3. The van der Waals surface area contributed by atoms with Crippen molar-refractivity contribution in [1.82, 2.24) is 5.32 Å². The highest BCUT2D eigenvalue weighted by Crippen LogP contribution is 2.17. The van der Waals surface area contributed by atoms with Gasteiger partial charge in [0.2, 0.25) is 5.91 Å². The van der Waals surface area contributed by atoms with Crippen LogP contribution in [0.15, 0.2) is 60.7 Å². The van der Waals surface area contributed by atoms with Crippen LogP contribution in [0.1, 0.15) is 30.5 Å². The molecular weight excluding hydrogens is 282 g/mol. The molecule has 1 amide bonds. The summed E-state index contributed by atoms with van der Waals surface area (Å²) in [7, 11) is 0. The van der Waals surface area contributed by atoms with Crippen molar-refractivity contribution < 1.29 is 4.79 Å². The van der Waals surface area contributed by atoms with Gasteiger partial charge in [0.05, 0.1) is 6.04 Å². The minimum atomic E-state index is -0.120. The second-order valence-electron chi connectivity index (χ2n) is 4.73. The smallest absolute Gasteiger partial charge is 0.244 e. The summed E-state index contributed by atoms with van der Waals surface area (Å²) in [5, 5.41) is 3.64. The van der Waals surface area contributed by atoms with E-state index in [-0.39, 0.29) is 11.9 Å². The number of halogens is 1. The average Bonchev–Trinajstić information content (AvgIpc) is 2.52. The third kappa shape index (κ3) is 4.47. The van der Waals surface area contributed by atoms with Gasteiger partial charge < -0.3 is 5.32 Å². The van der Waals surface area contributed by atoms with Gasteiger partial charge in [-0.05, 0) is 29.7 Å². The number of benzene rings is 2. The largest absolute Gasteiger partial charge is 0.346 e. The van der Waals surface area contributed by atoms with Gasteiger partial charge in [0.25, 0.3) is 0 Å². The van der Waals surface area contributed by atoms with Crippen molar-refractivity contribution in [3.05, 3.63) is 76.8 Å². The number of hydrogen-bond acceptors (Lipinski definition) is 1. The first-order valence-electron chi connectivity index (χ1n) is 6.98. The van der Waals surface area contributed by atoms with Crippen molar-refractivity contribution in [2.24, 2.45) is 0 Å². The molecule has 2 rings (SSSR count). The molecule has 3 heteroatoms. The maximum Gasteiger partial charge on any atom is 0.244 e. The number of carbonyl (C=O) groups excluding carboxylic acids is 1. The Balaban J connectivity index is 2.02. The van der Waals surface area contributed by atoms with E-state index in [2.05, 4.69) is 12.2 Å². The molecule has 0 unspecified atom stereocenters. The SMILES string of the molecule is CC[C@H](NC(=O)/C=C/c1ccccc1Cl)c1ccccc1. The monoisotopic (exact) mass is 299 g/mol. The Bertz CT molecular complexity index is 622. The molecule has 0 fully saturated rings. The lowest BCUT2D eigenvalue weighted by Crippen LogP contribution is -2.26. The Kier molecular flexibility index (Phi) is 5.59. The summed E-state index contributed by atoms with van der Waals surface area (Å²) in [6, 6.07) is 17.4. The first-order chi connectivity index (χ1) is 10.2. The normalized spacial score (nSPS) is 12.3. The molecule has 0 aliphatic heterocycles. The third-order valence-corrected chi connectivity index (χ3v) is 3.59. The van der Waals surface area contributed by atoms with Crippen LogP contribution < -0.4 is 5.32 Å². The minimum absolute atomic E-state index is 0.0228. The van der Waals surface area contributed by atoms with E-state index in [4.69, 9.17) is 11.6 Å². The average molecular weight is 300 g/mol. The van der Waals surface area contributed by atoms with E-state index < -0.39 is 0 Å². The molecule has 2 nitrogen and oxygen atoms in total. The Labute approximate surface area is 130 Å². The van der Waals surface area contributed by atoms with E-state index in [1.807, 2.05) is 48.5 Å². The zero-order valence-electron chi connectivity index (χ0n) is 11.9. The summed E-state index contributed by atoms with van der Waals surface area (Å²) in [5.41, 5.74) is 1.95. The molecule has 108 valence electrons. The summed E-state index contributed by atoms with van der Waals surface area (Å²) in [4.78, 5) is 12.0. The molecule has 0 aromatic heterocycles. The molecule has 0 radical (unpaired) electrons. The van der Waals surface area contributed by atoms with Crippen LogP contribution >= 0.6 is 11.6 Å². The van der Waals surface area contributed by atoms with Gasteiger partial charge in [-0.25, -0.2) is 0 Å². The van der Waals surface area contributed by atoms with Gasteiger partial charge in [0.1, 0.15) is 0 Å². The van der Waals surface area contributed by atoms with E-state index in [1.54, 1.807) is 12.1 Å². The van der Waals surface area contributed by atoms with Crippen LogP contribution in [-0.4, -0.2) is 5.91 Å². The molecule has 0 spiro atoms. The van der Waals surface area contributed by atoms with Crippen molar-refractivity contribution in [3.63, 3.8) is 0 Å². The number of nitrogens with one attached hydrogen (secondary N) is 1. The van der Waals surface area contributed by atoms with Crippen molar-refractivity contribution >= 4 is 23.6 Å². The van der Waals surface area contributed by atoms with Crippen molar-refractivity contribution in [3.8, 4) is 0 Å². The number of carbonyl (C=O) groups is 1. The molecule has 1 atom stereocenters. The predicted octanol–water partition coefficient (Wildman–Crippen LogP) is 4.62. The molecule has 0 saturated heterocycles.